The minimum atomic E-state index is -1.46. The highest BCUT2D eigenvalue weighted by molar-refractivity contribution is 5.92. The number of carbonyl (C=O) groups excluding carboxylic acids is 3. The molecule has 8 heteroatoms. The number of fused-ring (bicyclic) bond motifs is 3. The van der Waals surface area contributed by atoms with Gasteiger partial charge in [-0.15, -0.1) is 0 Å². The number of esters is 2. The molecule has 3 fully saturated rings. The molecule has 8 atom stereocenters. The molecule has 0 aromatic heterocycles. The van der Waals surface area contributed by atoms with Crippen molar-refractivity contribution < 1.29 is 39.2 Å². The zero-order valence-corrected chi connectivity index (χ0v) is 15.7. The van der Waals surface area contributed by atoms with Gasteiger partial charge in [0.05, 0.1) is 24.2 Å². The van der Waals surface area contributed by atoms with Crippen LogP contribution in [-0.4, -0.2) is 64.6 Å². The number of aldehydes is 1. The first kappa shape index (κ1) is 20.7. The average molecular weight is 394 g/mol. The number of aliphatic hydroxyl groups is 3. The Hall–Kier alpha value is -2.03. The monoisotopic (exact) mass is 394 g/mol. The van der Waals surface area contributed by atoms with Gasteiger partial charge in [-0.25, -0.2) is 9.59 Å². The second-order valence-corrected chi connectivity index (χ2v) is 8.22. The Labute approximate surface area is 162 Å². The van der Waals surface area contributed by atoms with Gasteiger partial charge in [-0.3, -0.25) is 0 Å². The maximum absolute atomic E-state index is 12.4. The van der Waals surface area contributed by atoms with Crippen molar-refractivity contribution in [2.75, 3.05) is 6.61 Å². The van der Waals surface area contributed by atoms with Gasteiger partial charge < -0.3 is 29.6 Å². The van der Waals surface area contributed by atoms with E-state index in [2.05, 4.69) is 13.2 Å². The predicted molar refractivity (Wildman–Crippen MR) is 95.6 cm³/mol. The molecule has 0 amide bonds. The van der Waals surface area contributed by atoms with Crippen LogP contribution in [0.5, 0.6) is 0 Å². The van der Waals surface area contributed by atoms with Crippen LogP contribution in [0.3, 0.4) is 0 Å². The van der Waals surface area contributed by atoms with Gasteiger partial charge in [-0.05, 0) is 19.3 Å². The van der Waals surface area contributed by atoms with Crippen LogP contribution in [0.4, 0.5) is 0 Å². The van der Waals surface area contributed by atoms with Crippen molar-refractivity contribution in [3.05, 3.63) is 24.3 Å². The first-order valence-electron chi connectivity index (χ1n) is 9.37. The Balaban J connectivity index is 1.95. The van der Waals surface area contributed by atoms with Gasteiger partial charge in [0.2, 0.25) is 0 Å². The van der Waals surface area contributed by atoms with Gasteiger partial charge in [-0.1, -0.05) is 20.1 Å². The Morgan fingerprint density at radius 2 is 2.14 bits per heavy atom. The van der Waals surface area contributed by atoms with Gasteiger partial charge in [0, 0.05) is 22.8 Å². The van der Waals surface area contributed by atoms with Gasteiger partial charge in [-0.2, -0.15) is 0 Å². The smallest absolute Gasteiger partial charge is 0.336 e. The molecule has 8 nitrogen and oxygen atoms in total. The van der Waals surface area contributed by atoms with Crippen molar-refractivity contribution in [2.45, 2.75) is 50.6 Å². The van der Waals surface area contributed by atoms with Gasteiger partial charge in [0.15, 0.2) is 0 Å². The molecule has 0 unspecified atom stereocenters. The molecule has 1 heterocycles. The van der Waals surface area contributed by atoms with Crippen molar-refractivity contribution in [3.8, 4) is 0 Å². The zero-order chi connectivity index (χ0) is 20.8. The summed E-state index contributed by atoms with van der Waals surface area (Å²) in [5.41, 5.74) is -0.961. The van der Waals surface area contributed by atoms with E-state index >= 15 is 0 Å². The second kappa shape index (κ2) is 7.42. The minimum Gasteiger partial charge on any atom is -0.458 e. The summed E-state index contributed by atoms with van der Waals surface area (Å²) < 4.78 is 11.1. The summed E-state index contributed by atoms with van der Waals surface area (Å²) in [5.74, 6) is -2.97. The highest BCUT2D eigenvalue weighted by Crippen LogP contribution is 2.58. The first-order valence-corrected chi connectivity index (χ1v) is 9.37. The molecule has 1 aliphatic heterocycles. The lowest BCUT2D eigenvalue weighted by Crippen LogP contribution is -2.60. The largest absolute Gasteiger partial charge is 0.458 e. The van der Waals surface area contributed by atoms with E-state index in [1.165, 1.54) is 0 Å². The number of hydrogen-bond acceptors (Lipinski definition) is 8. The fourth-order valence-electron chi connectivity index (χ4n) is 5.09. The molecule has 0 bridgehead atoms. The zero-order valence-electron chi connectivity index (χ0n) is 15.7. The van der Waals surface area contributed by atoms with E-state index in [9.17, 15) is 24.6 Å². The Morgan fingerprint density at radius 1 is 1.46 bits per heavy atom. The molecule has 28 heavy (non-hydrogen) atoms. The molecule has 154 valence electrons. The summed E-state index contributed by atoms with van der Waals surface area (Å²) in [6.07, 6.45) is -1.85. The van der Waals surface area contributed by atoms with Crippen LogP contribution in [0.25, 0.3) is 0 Å². The first-order chi connectivity index (χ1) is 13.2. The van der Waals surface area contributed by atoms with Crippen molar-refractivity contribution in [1.82, 2.24) is 0 Å². The van der Waals surface area contributed by atoms with Crippen LogP contribution in [0.15, 0.2) is 24.3 Å². The van der Waals surface area contributed by atoms with E-state index in [4.69, 9.17) is 14.6 Å². The summed E-state index contributed by atoms with van der Waals surface area (Å²) in [4.78, 5) is 36.3. The third-order valence-electron chi connectivity index (χ3n) is 6.69. The average Bonchev–Trinajstić information content (AvgIpc) is 2.96. The van der Waals surface area contributed by atoms with Gasteiger partial charge >= 0.3 is 11.9 Å². The van der Waals surface area contributed by atoms with Crippen molar-refractivity contribution in [3.63, 3.8) is 0 Å². The molecule has 2 aliphatic carbocycles. The normalized spacial score (nSPS) is 40.7. The Bertz CT molecular complexity index is 715. The Kier molecular flexibility index (Phi) is 5.49. The summed E-state index contributed by atoms with van der Waals surface area (Å²) in [6.45, 7) is 8.35. The summed E-state index contributed by atoms with van der Waals surface area (Å²) in [6, 6.07) is 0. The van der Waals surface area contributed by atoms with Crippen LogP contribution in [0.2, 0.25) is 0 Å². The van der Waals surface area contributed by atoms with E-state index in [0.29, 0.717) is 12.8 Å². The van der Waals surface area contributed by atoms with Crippen LogP contribution in [0.1, 0.15) is 26.2 Å². The number of hydrogen-bond donors (Lipinski definition) is 3. The fourth-order valence-corrected chi connectivity index (χ4v) is 5.09. The van der Waals surface area contributed by atoms with Gasteiger partial charge in [0.1, 0.15) is 24.6 Å². The number of ether oxygens (including phenoxy) is 2. The highest BCUT2D eigenvalue weighted by atomic mass is 16.6. The van der Waals surface area contributed by atoms with Crippen LogP contribution < -0.4 is 0 Å². The van der Waals surface area contributed by atoms with Crippen LogP contribution >= 0.6 is 0 Å². The molecule has 0 spiro atoms. The van der Waals surface area contributed by atoms with Crippen LogP contribution in [-0.2, 0) is 23.9 Å². The third-order valence-corrected chi connectivity index (χ3v) is 6.69. The Morgan fingerprint density at radius 3 is 2.75 bits per heavy atom. The van der Waals surface area contributed by atoms with Crippen molar-refractivity contribution in [2.24, 2.45) is 23.2 Å². The molecule has 1 saturated heterocycles. The van der Waals surface area contributed by atoms with E-state index in [0.717, 1.165) is 6.29 Å². The standard InChI is InChI=1S/C20H26O8/c1-9(12(23)8-22)18(25)27-13-6-20(3)14(24)5-4-11(7-21)16(20)17-15(13)10(2)19(26)28-17/h7,11-17,22-24H,1-2,4-6,8H2,3H3/t11-,12-,13+,14-,15-,16+,17+,20+/m1/s1. The number of rotatable bonds is 5. The van der Waals surface area contributed by atoms with Crippen molar-refractivity contribution in [1.29, 1.82) is 0 Å². The summed E-state index contributed by atoms with van der Waals surface area (Å²) in [5, 5.41) is 29.3. The van der Waals surface area contributed by atoms with Gasteiger partial charge in [0.25, 0.3) is 0 Å². The topological polar surface area (TPSA) is 130 Å². The maximum atomic E-state index is 12.4. The van der Waals surface area contributed by atoms with E-state index in [1.807, 2.05) is 0 Å². The molecular formula is C20H26O8. The summed E-state index contributed by atoms with van der Waals surface area (Å²) >= 11 is 0. The molecule has 3 rings (SSSR count). The maximum Gasteiger partial charge on any atom is 0.336 e. The third kappa shape index (κ3) is 3.09. The van der Waals surface area contributed by atoms with Crippen LogP contribution in [0, 0.1) is 23.2 Å². The fraction of sp³-hybridized carbons (Fsp3) is 0.650. The highest BCUT2D eigenvalue weighted by Gasteiger charge is 2.63. The molecule has 0 radical (unpaired) electrons. The lowest BCUT2D eigenvalue weighted by molar-refractivity contribution is -0.195. The summed E-state index contributed by atoms with van der Waals surface area (Å²) in [7, 11) is 0. The SMILES string of the molecule is C=C1C(=O)O[C@H]2[C@H]1[C@@H](OC(=O)C(=C)[C@H](O)CO)C[C@]1(C)[C@H]2[C@@H](C=O)CC[C@H]1O. The van der Waals surface area contributed by atoms with Crippen molar-refractivity contribution >= 4 is 18.2 Å². The van der Waals surface area contributed by atoms with E-state index in [-0.39, 0.29) is 23.5 Å². The lowest BCUT2D eigenvalue weighted by Gasteiger charge is -2.55. The molecule has 3 N–H and O–H groups in total. The molecule has 2 saturated carbocycles. The molecule has 0 aromatic carbocycles. The quantitative estimate of drug-likeness (QED) is 0.335. The second-order valence-electron chi connectivity index (χ2n) is 8.22. The number of carbonyl (C=O) groups is 3. The van der Waals surface area contributed by atoms with E-state index in [1.54, 1.807) is 6.92 Å². The minimum absolute atomic E-state index is 0.155. The molecule has 3 aliphatic rings. The van der Waals surface area contributed by atoms with E-state index < -0.39 is 60.2 Å². The predicted octanol–water partition coefficient (Wildman–Crippen LogP) is -0.0986. The molecular weight excluding hydrogens is 368 g/mol. The lowest BCUT2D eigenvalue weighted by atomic mass is 9.51. The number of aliphatic hydroxyl groups excluding tert-OH is 3. The molecule has 0 aromatic rings.